The molecule has 0 aliphatic carbocycles. The first-order chi connectivity index (χ1) is 7.75. The van der Waals surface area contributed by atoms with Gasteiger partial charge in [-0.3, -0.25) is 4.90 Å². The molecule has 2 atom stereocenters. The normalized spacial score (nSPS) is 30.6. The lowest BCUT2D eigenvalue weighted by Crippen LogP contribution is -2.17. The molecule has 3 heterocycles. The van der Waals surface area contributed by atoms with Crippen LogP contribution in [0.15, 0.2) is 6.20 Å². The summed E-state index contributed by atoms with van der Waals surface area (Å²) < 4.78 is 1.96. The van der Waals surface area contributed by atoms with E-state index in [0.29, 0.717) is 6.04 Å². The van der Waals surface area contributed by atoms with E-state index in [4.69, 9.17) is 4.98 Å². The number of nitrogens with zero attached hydrogens (tertiary/aromatic N) is 3. The predicted molar refractivity (Wildman–Crippen MR) is 61.0 cm³/mol. The Morgan fingerprint density at radius 1 is 1.38 bits per heavy atom. The average Bonchev–Trinajstić information content (AvgIpc) is 2.84. The van der Waals surface area contributed by atoms with Gasteiger partial charge in [-0.05, 0) is 39.3 Å². The lowest BCUT2D eigenvalue weighted by molar-refractivity contribution is 0.0779. The van der Waals surface area contributed by atoms with Gasteiger partial charge in [0.15, 0.2) is 0 Å². The maximum Gasteiger partial charge on any atom is 0.131 e. The summed E-state index contributed by atoms with van der Waals surface area (Å²) in [4.78, 5) is 7.06. The third-order valence-electron chi connectivity index (χ3n) is 3.87. The van der Waals surface area contributed by atoms with Crippen LogP contribution in [0.25, 0.3) is 0 Å². The minimum absolute atomic E-state index is 0.350. The summed E-state index contributed by atoms with van der Waals surface area (Å²) in [5, 5.41) is 9.89. The molecule has 0 aromatic carbocycles. The van der Waals surface area contributed by atoms with E-state index in [1.807, 2.05) is 4.57 Å². The van der Waals surface area contributed by atoms with Gasteiger partial charge < -0.3 is 9.67 Å². The van der Waals surface area contributed by atoms with Gasteiger partial charge in [0.25, 0.3) is 0 Å². The van der Waals surface area contributed by atoms with E-state index in [2.05, 4.69) is 18.1 Å². The molecule has 2 aliphatic heterocycles. The second-order valence-electron chi connectivity index (χ2n) is 5.00. The largest absolute Gasteiger partial charge is 0.373 e. The Kier molecular flexibility index (Phi) is 2.48. The molecule has 1 aromatic heterocycles. The molecule has 4 heteroatoms. The molecule has 0 bridgehead atoms. The Morgan fingerprint density at radius 2 is 2.25 bits per heavy atom. The number of fused-ring (bicyclic) bond motifs is 1. The van der Waals surface area contributed by atoms with Gasteiger partial charge in [-0.25, -0.2) is 4.98 Å². The lowest BCUT2D eigenvalue weighted by atomic mass is 10.1. The van der Waals surface area contributed by atoms with Gasteiger partial charge in [0.05, 0.1) is 11.7 Å². The average molecular weight is 221 g/mol. The number of imidazole rings is 1. The second-order valence-corrected chi connectivity index (χ2v) is 5.00. The summed E-state index contributed by atoms with van der Waals surface area (Å²) >= 11 is 0. The SMILES string of the molecule is CN1CCCC1c1cn2c(n1)CCCC2O. The number of hydrogen-bond donors (Lipinski definition) is 1. The van der Waals surface area contributed by atoms with Crippen LogP contribution in [0, 0.1) is 0 Å². The molecule has 4 nitrogen and oxygen atoms in total. The summed E-state index contributed by atoms with van der Waals surface area (Å²) in [5.74, 6) is 1.06. The van der Waals surface area contributed by atoms with Crippen LogP contribution < -0.4 is 0 Å². The summed E-state index contributed by atoms with van der Waals surface area (Å²) in [7, 11) is 2.16. The van der Waals surface area contributed by atoms with E-state index in [1.54, 1.807) is 0 Å². The van der Waals surface area contributed by atoms with E-state index in [9.17, 15) is 5.11 Å². The zero-order valence-electron chi connectivity index (χ0n) is 9.76. The van der Waals surface area contributed by atoms with E-state index in [1.165, 1.54) is 12.8 Å². The first-order valence-electron chi connectivity index (χ1n) is 6.21. The van der Waals surface area contributed by atoms with Crippen molar-refractivity contribution in [2.45, 2.75) is 44.4 Å². The molecule has 2 unspecified atom stereocenters. The molecular formula is C12H19N3O. The Morgan fingerprint density at radius 3 is 2.94 bits per heavy atom. The monoisotopic (exact) mass is 221 g/mol. The first kappa shape index (κ1) is 10.3. The third-order valence-corrected chi connectivity index (χ3v) is 3.87. The van der Waals surface area contributed by atoms with E-state index in [-0.39, 0.29) is 6.23 Å². The highest BCUT2D eigenvalue weighted by Gasteiger charge is 2.27. The Hall–Kier alpha value is -0.870. The molecule has 1 saturated heterocycles. The van der Waals surface area contributed by atoms with E-state index < -0.39 is 0 Å². The van der Waals surface area contributed by atoms with E-state index >= 15 is 0 Å². The Balaban J connectivity index is 1.91. The molecule has 3 rings (SSSR count). The second kappa shape index (κ2) is 3.86. The quantitative estimate of drug-likeness (QED) is 0.781. The fourth-order valence-corrected chi connectivity index (χ4v) is 2.92. The molecule has 1 N–H and O–H groups in total. The van der Waals surface area contributed by atoms with Crippen molar-refractivity contribution in [3.63, 3.8) is 0 Å². The summed E-state index contributed by atoms with van der Waals surface area (Å²) in [6, 6.07) is 0.463. The highest BCUT2D eigenvalue weighted by molar-refractivity contribution is 5.12. The number of aromatic nitrogens is 2. The predicted octanol–water partition coefficient (Wildman–Crippen LogP) is 1.48. The highest BCUT2D eigenvalue weighted by Crippen LogP contribution is 2.32. The zero-order chi connectivity index (χ0) is 11.1. The zero-order valence-corrected chi connectivity index (χ0v) is 9.76. The van der Waals surface area contributed by atoms with Gasteiger partial charge in [-0.1, -0.05) is 0 Å². The molecule has 1 fully saturated rings. The number of rotatable bonds is 1. The third kappa shape index (κ3) is 1.57. The van der Waals surface area contributed by atoms with Gasteiger partial charge in [-0.15, -0.1) is 0 Å². The van der Waals surface area contributed by atoms with Gasteiger partial charge >= 0.3 is 0 Å². The molecule has 16 heavy (non-hydrogen) atoms. The fourth-order valence-electron chi connectivity index (χ4n) is 2.92. The van der Waals surface area contributed by atoms with E-state index in [0.717, 1.165) is 37.3 Å². The Bertz CT molecular complexity index is 388. The Labute approximate surface area is 95.9 Å². The molecule has 1 aromatic rings. The molecule has 0 amide bonds. The first-order valence-corrected chi connectivity index (χ1v) is 6.21. The summed E-state index contributed by atoms with van der Waals surface area (Å²) in [6.07, 6.45) is 7.09. The van der Waals surface area contributed by atoms with Crippen LogP contribution in [0.1, 0.15) is 49.5 Å². The van der Waals surface area contributed by atoms with Crippen molar-refractivity contribution in [3.05, 3.63) is 17.7 Å². The number of aliphatic hydroxyl groups excluding tert-OH is 1. The van der Waals surface area contributed by atoms with Gasteiger partial charge in [0, 0.05) is 12.6 Å². The molecule has 0 saturated carbocycles. The molecular weight excluding hydrogens is 202 g/mol. The maximum absolute atomic E-state index is 9.89. The molecule has 2 aliphatic rings. The summed E-state index contributed by atoms with van der Waals surface area (Å²) in [6.45, 7) is 1.16. The fraction of sp³-hybridized carbons (Fsp3) is 0.750. The van der Waals surface area contributed by atoms with Crippen molar-refractivity contribution < 1.29 is 5.11 Å². The highest BCUT2D eigenvalue weighted by atomic mass is 16.3. The van der Waals surface area contributed by atoms with Gasteiger partial charge in [-0.2, -0.15) is 0 Å². The number of hydrogen-bond acceptors (Lipinski definition) is 3. The van der Waals surface area contributed by atoms with Gasteiger partial charge in [0.1, 0.15) is 12.1 Å². The number of aryl methyl sites for hydroxylation is 1. The topological polar surface area (TPSA) is 41.3 Å². The van der Waals surface area contributed by atoms with Crippen LogP contribution in [0.2, 0.25) is 0 Å². The van der Waals surface area contributed by atoms with Crippen molar-refractivity contribution in [1.29, 1.82) is 0 Å². The van der Waals surface area contributed by atoms with Crippen molar-refractivity contribution in [2.24, 2.45) is 0 Å². The molecule has 88 valence electrons. The maximum atomic E-state index is 9.89. The van der Waals surface area contributed by atoms with Crippen molar-refractivity contribution >= 4 is 0 Å². The van der Waals surface area contributed by atoms with Crippen LogP contribution in [0.3, 0.4) is 0 Å². The number of aliphatic hydroxyl groups is 1. The number of likely N-dealkylation sites (tertiary alicyclic amines) is 1. The lowest BCUT2D eigenvalue weighted by Gasteiger charge is -2.19. The van der Waals surface area contributed by atoms with Crippen LogP contribution in [-0.2, 0) is 6.42 Å². The van der Waals surface area contributed by atoms with Crippen molar-refractivity contribution in [2.75, 3.05) is 13.6 Å². The van der Waals surface area contributed by atoms with Crippen LogP contribution in [0.4, 0.5) is 0 Å². The minimum atomic E-state index is -0.350. The minimum Gasteiger partial charge on any atom is -0.373 e. The van der Waals surface area contributed by atoms with Gasteiger partial charge in [0.2, 0.25) is 0 Å². The van der Waals surface area contributed by atoms with Crippen LogP contribution in [-0.4, -0.2) is 33.1 Å². The van der Waals surface area contributed by atoms with Crippen LogP contribution >= 0.6 is 0 Å². The van der Waals surface area contributed by atoms with Crippen molar-refractivity contribution in [3.8, 4) is 0 Å². The van der Waals surface area contributed by atoms with Crippen LogP contribution in [0.5, 0.6) is 0 Å². The standard InChI is InChI=1S/C12H19N3O/c1-14-7-3-4-10(14)9-8-15-11(13-9)5-2-6-12(15)16/h8,10,12,16H,2-7H2,1H3. The van der Waals surface area contributed by atoms with Crippen molar-refractivity contribution in [1.82, 2.24) is 14.5 Å². The molecule has 0 spiro atoms. The summed E-state index contributed by atoms with van der Waals surface area (Å²) in [5.41, 5.74) is 1.15. The smallest absolute Gasteiger partial charge is 0.131 e. The molecule has 0 radical (unpaired) electrons.